The van der Waals surface area contributed by atoms with Gasteiger partial charge in [0.05, 0.1) is 24.7 Å². The molecule has 5 nitrogen and oxygen atoms in total. The Morgan fingerprint density at radius 1 is 1.50 bits per heavy atom. The van der Waals surface area contributed by atoms with E-state index in [-0.39, 0.29) is 24.3 Å². The van der Waals surface area contributed by atoms with E-state index >= 15 is 0 Å². The number of carbonyl (C=O) groups is 2. The van der Waals surface area contributed by atoms with E-state index in [0.717, 1.165) is 6.42 Å². The maximum absolute atomic E-state index is 12.2. The van der Waals surface area contributed by atoms with Crippen LogP contribution in [0.5, 0.6) is 5.75 Å². The van der Waals surface area contributed by atoms with Gasteiger partial charge in [-0.3, -0.25) is 14.5 Å². The average molecular weight is 297 g/mol. The van der Waals surface area contributed by atoms with Crippen LogP contribution in [0.25, 0.3) is 0 Å². The molecule has 6 heteroatoms. The number of ether oxygens (including phenoxy) is 1. The van der Waals surface area contributed by atoms with Crippen molar-refractivity contribution in [3.8, 4) is 5.75 Å². The first-order chi connectivity index (χ1) is 9.52. The third-order valence-electron chi connectivity index (χ3n) is 3.51. The van der Waals surface area contributed by atoms with Crippen LogP contribution in [0, 0.1) is 0 Å². The van der Waals surface area contributed by atoms with Gasteiger partial charge < -0.3 is 10.5 Å². The highest BCUT2D eigenvalue weighted by Crippen LogP contribution is 2.25. The molecule has 1 amide bonds. The summed E-state index contributed by atoms with van der Waals surface area (Å²) in [6.45, 7) is 0.888. The van der Waals surface area contributed by atoms with Crippen LogP contribution in [-0.2, 0) is 4.79 Å². The minimum absolute atomic E-state index is 0.0808. The number of hydrogen-bond acceptors (Lipinski definition) is 4. The Bertz CT molecular complexity index is 533. The molecular weight excluding hydrogens is 280 g/mol. The van der Waals surface area contributed by atoms with Gasteiger partial charge in [-0.05, 0) is 37.6 Å². The lowest BCUT2D eigenvalue weighted by molar-refractivity contribution is -0.122. The van der Waals surface area contributed by atoms with Crippen molar-refractivity contribution in [1.82, 2.24) is 4.90 Å². The molecule has 0 aromatic heterocycles. The van der Waals surface area contributed by atoms with Crippen LogP contribution >= 0.6 is 11.6 Å². The number of likely N-dealkylation sites (tertiary alicyclic amines) is 1. The minimum Gasteiger partial charge on any atom is -0.495 e. The second kappa shape index (κ2) is 6.24. The summed E-state index contributed by atoms with van der Waals surface area (Å²) >= 11 is 6.00. The van der Waals surface area contributed by atoms with Gasteiger partial charge in [0, 0.05) is 5.56 Å². The SMILES string of the molecule is COc1ccc(C(=O)CN2CCCC2C(N)=O)cc1Cl. The topological polar surface area (TPSA) is 72.6 Å². The van der Waals surface area contributed by atoms with E-state index in [4.69, 9.17) is 22.1 Å². The number of nitrogens with zero attached hydrogens (tertiary/aromatic N) is 1. The molecule has 1 aliphatic heterocycles. The molecule has 2 rings (SSSR count). The van der Waals surface area contributed by atoms with Crippen LogP contribution in [-0.4, -0.2) is 42.8 Å². The highest BCUT2D eigenvalue weighted by molar-refractivity contribution is 6.32. The number of Topliss-reactive ketones (excluding diaryl/α,β-unsaturated/α-hetero) is 1. The molecule has 0 radical (unpaired) electrons. The standard InChI is InChI=1S/C14H17ClN2O3/c1-20-13-5-4-9(7-10(13)15)12(18)8-17-6-2-3-11(17)14(16)19/h4-5,7,11H,2-3,6,8H2,1H3,(H2,16,19). The van der Waals surface area contributed by atoms with Crippen LogP contribution in [0.4, 0.5) is 0 Å². The number of halogens is 1. The van der Waals surface area contributed by atoms with Crippen molar-refractivity contribution in [2.24, 2.45) is 5.73 Å². The molecule has 1 unspecified atom stereocenters. The summed E-state index contributed by atoms with van der Waals surface area (Å²) in [5.74, 6) is 0.0742. The predicted molar refractivity (Wildman–Crippen MR) is 76.1 cm³/mol. The van der Waals surface area contributed by atoms with Crippen molar-refractivity contribution in [2.75, 3.05) is 20.2 Å². The molecule has 20 heavy (non-hydrogen) atoms. The summed E-state index contributed by atoms with van der Waals surface area (Å²) in [6.07, 6.45) is 1.59. The smallest absolute Gasteiger partial charge is 0.234 e. The number of primary amides is 1. The van der Waals surface area contributed by atoms with E-state index in [0.29, 0.717) is 29.3 Å². The number of rotatable bonds is 5. The predicted octanol–water partition coefficient (Wildman–Crippen LogP) is 1.48. The van der Waals surface area contributed by atoms with Gasteiger partial charge in [0.1, 0.15) is 5.75 Å². The van der Waals surface area contributed by atoms with E-state index in [9.17, 15) is 9.59 Å². The zero-order valence-corrected chi connectivity index (χ0v) is 12.0. The summed E-state index contributed by atoms with van der Waals surface area (Å²) in [4.78, 5) is 25.3. The Morgan fingerprint density at radius 3 is 2.85 bits per heavy atom. The zero-order chi connectivity index (χ0) is 14.7. The fourth-order valence-electron chi connectivity index (χ4n) is 2.45. The number of ketones is 1. The van der Waals surface area contributed by atoms with Crippen molar-refractivity contribution in [3.05, 3.63) is 28.8 Å². The Morgan fingerprint density at radius 2 is 2.25 bits per heavy atom. The average Bonchev–Trinajstić information content (AvgIpc) is 2.86. The molecule has 0 bridgehead atoms. The number of hydrogen-bond donors (Lipinski definition) is 1. The van der Waals surface area contributed by atoms with Crippen molar-refractivity contribution < 1.29 is 14.3 Å². The lowest BCUT2D eigenvalue weighted by Crippen LogP contribution is -2.42. The highest BCUT2D eigenvalue weighted by atomic mass is 35.5. The van der Waals surface area contributed by atoms with Gasteiger partial charge in [-0.25, -0.2) is 0 Å². The third kappa shape index (κ3) is 3.11. The molecule has 2 N–H and O–H groups in total. The zero-order valence-electron chi connectivity index (χ0n) is 11.3. The fourth-order valence-corrected chi connectivity index (χ4v) is 2.71. The van der Waals surface area contributed by atoms with Crippen LogP contribution < -0.4 is 10.5 Å². The maximum atomic E-state index is 12.2. The molecule has 0 saturated carbocycles. The van der Waals surface area contributed by atoms with E-state index in [1.807, 2.05) is 4.90 Å². The molecule has 1 aromatic carbocycles. The van der Waals surface area contributed by atoms with Crippen molar-refractivity contribution in [3.63, 3.8) is 0 Å². The lowest BCUT2D eigenvalue weighted by Gasteiger charge is -2.20. The minimum atomic E-state index is -0.372. The number of carbonyl (C=O) groups excluding carboxylic acids is 2. The van der Waals surface area contributed by atoms with Crippen LogP contribution in [0.15, 0.2) is 18.2 Å². The highest BCUT2D eigenvalue weighted by Gasteiger charge is 2.30. The van der Waals surface area contributed by atoms with E-state index in [2.05, 4.69) is 0 Å². The van der Waals surface area contributed by atoms with Gasteiger partial charge in [0.25, 0.3) is 0 Å². The molecule has 0 spiro atoms. The molecule has 1 aliphatic rings. The van der Waals surface area contributed by atoms with Gasteiger partial charge in [-0.1, -0.05) is 11.6 Å². The van der Waals surface area contributed by atoms with Gasteiger partial charge in [0.2, 0.25) is 5.91 Å². The van der Waals surface area contributed by atoms with E-state index in [1.165, 1.54) is 7.11 Å². The van der Waals surface area contributed by atoms with Gasteiger partial charge >= 0.3 is 0 Å². The molecular formula is C14H17ClN2O3. The molecule has 1 fully saturated rings. The van der Waals surface area contributed by atoms with Crippen LogP contribution in [0.1, 0.15) is 23.2 Å². The first-order valence-corrected chi connectivity index (χ1v) is 6.81. The lowest BCUT2D eigenvalue weighted by atomic mass is 10.1. The summed E-state index contributed by atoms with van der Waals surface area (Å²) in [6, 6.07) is 4.57. The third-order valence-corrected chi connectivity index (χ3v) is 3.81. The molecule has 1 saturated heterocycles. The van der Waals surface area contributed by atoms with Crippen molar-refractivity contribution in [2.45, 2.75) is 18.9 Å². The quantitative estimate of drug-likeness (QED) is 0.835. The molecule has 1 heterocycles. The van der Waals surface area contributed by atoms with E-state index < -0.39 is 0 Å². The summed E-state index contributed by atoms with van der Waals surface area (Å²) < 4.78 is 5.05. The first-order valence-electron chi connectivity index (χ1n) is 6.43. The Labute approximate surface area is 122 Å². The maximum Gasteiger partial charge on any atom is 0.234 e. The number of amides is 1. The Kier molecular flexibility index (Phi) is 4.62. The number of nitrogens with two attached hydrogens (primary N) is 1. The molecule has 108 valence electrons. The summed E-state index contributed by atoms with van der Waals surface area (Å²) in [7, 11) is 1.52. The number of methoxy groups -OCH3 is 1. The molecule has 1 aromatic rings. The number of benzene rings is 1. The van der Waals surface area contributed by atoms with E-state index in [1.54, 1.807) is 18.2 Å². The summed E-state index contributed by atoms with van der Waals surface area (Å²) in [5, 5.41) is 0.395. The second-order valence-corrected chi connectivity index (χ2v) is 5.21. The largest absolute Gasteiger partial charge is 0.495 e. The fraction of sp³-hybridized carbons (Fsp3) is 0.429. The van der Waals surface area contributed by atoms with Gasteiger partial charge in [-0.15, -0.1) is 0 Å². The molecule has 1 atom stereocenters. The second-order valence-electron chi connectivity index (χ2n) is 4.80. The first kappa shape index (κ1) is 14.8. The molecule has 0 aliphatic carbocycles. The van der Waals surface area contributed by atoms with Crippen LogP contribution in [0.3, 0.4) is 0 Å². The Balaban J connectivity index is 2.08. The van der Waals surface area contributed by atoms with Crippen molar-refractivity contribution >= 4 is 23.3 Å². The van der Waals surface area contributed by atoms with Crippen molar-refractivity contribution in [1.29, 1.82) is 0 Å². The monoisotopic (exact) mass is 296 g/mol. The Hall–Kier alpha value is -1.59. The van der Waals surface area contributed by atoms with Crippen LogP contribution in [0.2, 0.25) is 5.02 Å². The van der Waals surface area contributed by atoms with Gasteiger partial charge in [0.15, 0.2) is 5.78 Å². The normalized spacial score (nSPS) is 19.0. The summed E-state index contributed by atoms with van der Waals surface area (Å²) in [5.41, 5.74) is 5.84. The van der Waals surface area contributed by atoms with Gasteiger partial charge in [-0.2, -0.15) is 0 Å².